The van der Waals surface area contributed by atoms with Crippen LogP contribution in [0, 0.1) is 19.8 Å². The van der Waals surface area contributed by atoms with Gasteiger partial charge in [-0.2, -0.15) is 0 Å². The van der Waals surface area contributed by atoms with Gasteiger partial charge in [0.05, 0.1) is 0 Å². The molecule has 29 heavy (non-hydrogen) atoms. The molecule has 1 fully saturated rings. The standard InChI is InChI=1S/C20H25N7OS/c1-14-3-4-17(13-15(14)2)29-12-9-21-20(28)16-7-10-26(11-8-16)19-6-5-18-22-24-25-27(18)23-19/h3-6,13,16H,7-12H2,1-2H3,(H,21,28). The van der Waals surface area contributed by atoms with Crippen LogP contribution in [0.2, 0.25) is 0 Å². The highest BCUT2D eigenvalue weighted by atomic mass is 32.2. The summed E-state index contributed by atoms with van der Waals surface area (Å²) >= 11 is 1.78. The molecular weight excluding hydrogens is 386 g/mol. The third-order valence-corrected chi connectivity index (χ3v) is 6.39. The summed E-state index contributed by atoms with van der Waals surface area (Å²) in [5.74, 6) is 1.94. The fourth-order valence-corrected chi connectivity index (χ4v) is 4.33. The van der Waals surface area contributed by atoms with E-state index in [4.69, 9.17) is 0 Å². The summed E-state index contributed by atoms with van der Waals surface area (Å²) in [6, 6.07) is 10.3. The first kappa shape index (κ1) is 19.6. The second-order valence-corrected chi connectivity index (χ2v) is 8.53. The lowest BCUT2D eigenvalue weighted by Gasteiger charge is -2.31. The number of carbonyl (C=O) groups is 1. The van der Waals surface area contributed by atoms with Crippen molar-refractivity contribution >= 4 is 29.1 Å². The monoisotopic (exact) mass is 411 g/mol. The third-order valence-electron chi connectivity index (χ3n) is 5.39. The van der Waals surface area contributed by atoms with E-state index in [0.717, 1.165) is 37.5 Å². The summed E-state index contributed by atoms with van der Waals surface area (Å²) in [7, 11) is 0. The molecule has 4 rings (SSSR count). The van der Waals surface area contributed by atoms with Crippen LogP contribution in [-0.4, -0.2) is 56.5 Å². The average Bonchev–Trinajstić information content (AvgIpc) is 3.21. The first-order chi connectivity index (χ1) is 14.1. The number of benzene rings is 1. The van der Waals surface area contributed by atoms with E-state index in [1.165, 1.54) is 20.7 Å². The number of tetrazole rings is 1. The van der Waals surface area contributed by atoms with Gasteiger partial charge in [0.15, 0.2) is 11.5 Å². The van der Waals surface area contributed by atoms with Crippen LogP contribution in [-0.2, 0) is 4.79 Å². The van der Waals surface area contributed by atoms with Crippen molar-refractivity contribution in [3.8, 4) is 0 Å². The largest absolute Gasteiger partial charge is 0.355 e. The van der Waals surface area contributed by atoms with Gasteiger partial charge in [-0.05, 0) is 72.5 Å². The normalized spacial score (nSPS) is 15.0. The topological polar surface area (TPSA) is 88.3 Å². The van der Waals surface area contributed by atoms with Crippen molar-refractivity contribution in [1.82, 2.24) is 30.6 Å². The minimum atomic E-state index is 0.0645. The van der Waals surface area contributed by atoms with Gasteiger partial charge >= 0.3 is 0 Å². The maximum absolute atomic E-state index is 12.5. The van der Waals surface area contributed by atoms with Crippen LogP contribution >= 0.6 is 11.8 Å². The van der Waals surface area contributed by atoms with Crippen LogP contribution in [0.25, 0.3) is 5.65 Å². The third kappa shape index (κ3) is 4.67. The molecule has 1 N–H and O–H groups in total. The zero-order valence-electron chi connectivity index (χ0n) is 16.7. The number of hydrogen-bond acceptors (Lipinski definition) is 7. The highest BCUT2D eigenvalue weighted by Crippen LogP contribution is 2.23. The molecule has 0 radical (unpaired) electrons. The van der Waals surface area contributed by atoms with Crippen LogP contribution < -0.4 is 10.2 Å². The molecule has 1 saturated heterocycles. The lowest BCUT2D eigenvalue weighted by Crippen LogP contribution is -2.41. The van der Waals surface area contributed by atoms with Crippen molar-refractivity contribution in [2.45, 2.75) is 31.6 Å². The van der Waals surface area contributed by atoms with E-state index in [9.17, 15) is 4.79 Å². The van der Waals surface area contributed by atoms with Crippen LogP contribution in [0.4, 0.5) is 5.82 Å². The Morgan fingerprint density at radius 3 is 2.79 bits per heavy atom. The summed E-state index contributed by atoms with van der Waals surface area (Å²) in [5, 5.41) is 18.9. The Balaban J connectivity index is 1.21. The van der Waals surface area contributed by atoms with Gasteiger partial charge in [0.25, 0.3) is 0 Å². The number of nitrogens with one attached hydrogen (secondary N) is 1. The molecule has 1 amide bonds. The van der Waals surface area contributed by atoms with Crippen LogP contribution in [0.1, 0.15) is 24.0 Å². The molecule has 9 heteroatoms. The van der Waals surface area contributed by atoms with Gasteiger partial charge in [-0.15, -0.1) is 26.6 Å². The molecule has 0 unspecified atom stereocenters. The summed E-state index contributed by atoms with van der Waals surface area (Å²) in [4.78, 5) is 15.9. The molecule has 0 spiro atoms. The van der Waals surface area contributed by atoms with Gasteiger partial charge in [-0.25, -0.2) is 0 Å². The molecule has 1 aromatic carbocycles. The van der Waals surface area contributed by atoms with Crippen molar-refractivity contribution in [1.29, 1.82) is 0 Å². The van der Waals surface area contributed by atoms with E-state index in [2.05, 4.69) is 62.9 Å². The second kappa shape index (κ2) is 8.77. The Bertz CT molecular complexity index is 997. The second-order valence-electron chi connectivity index (χ2n) is 7.36. The minimum Gasteiger partial charge on any atom is -0.355 e. The Labute approximate surface area is 174 Å². The van der Waals surface area contributed by atoms with Crippen molar-refractivity contribution in [3.63, 3.8) is 0 Å². The molecular formula is C20H25N7OS. The molecule has 2 aromatic heterocycles. The van der Waals surface area contributed by atoms with Crippen molar-refractivity contribution in [2.24, 2.45) is 5.92 Å². The smallest absolute Gasteiger partial charge is 0.223 e. The number of thioether (sulfide) groups is 1. The number of aromatic nitrogens is 5. The predicted octanol–water partition coefficient (Wildman–Crippen LogP) is 2.26. The zero-order valence-corrected chi connectivity index (χ0v) is 17.5. The Kier molecular flexibility index (Phi) is 5.94. The summed E-state index contributed by atoms with van der Waals surface area (Å²) in [6.07, 6.45) is 1.65. The zero-order chi connectivity index (χ0) is 20.2. The SMILES string of the molecule is Cc1ccc(SCCNC(=O)C2CCN(c3ccc4nnnn4n3)CC2)cc1C. The van der Waals surface area contributed by atoms with Crippen molar-refractivity contribution < 1.29 is 4.79 Å². The van der Waals surface area contributed by atoms with E-state index in [-0.39, 0.29) is 11.8 Å². The molecule has 0 aliphatic carbocycles. The molecule has 0 atom stereocenters. The molecule has 0 bridgehead atoms. The van der Waals surface area contributed by atoms with Gasteiger partial charge in [0.1, 0.15) is 0 Å². The fraction of sp³-hybridized carbons (Fsp3) is 0.450. The quantitative estimate of drug-likeness (QED) is 0.492. The maximum Gasteiger partial charge on any atom is 0.223 e. The van der Waals surface area contributed by atoms with Gasteiger partial charge < -0.3 is 10.2 Å². The van der Waals surface area contributed by atoms with Gasteiger partial charge in [0.2, 0.25) is 5.91 Å². The van der Waals surface area contributed by atoms with E-state index in [1.54, 1.807) is 11.8 Å². The van der Waals surface area contributed by atoms with Gasteiger partial charge in [0, 0.05) is 36.2 Å². The first-order valence-electron chi connectivity index (χ1n) is 9.88. The number of fused-ring (bicyclic) bond motifs is 1. The first-order valence-corrected chi connectivity index (χ1v) is 10.9. The Morgan fingerprint density at radius 1 is 1.17 bits per heavy atom. The number of amides is 1. The van der Waals surface area contributed by atoms with Crippen LogP contribution in [0.15, 0.2) is 35.2 Å². The van der Waals surface area contributed by atoms with E-state index in [0.29, 0.717) is 12.2 Å². The summed E-state index contributed by atoms with van der Waals surface area (Å²) in [6.45, 7) is 6.54. The fourth-order valence-electron chi connectivity index (χ4n) is 3.47. The molecule has 1 aliphatic heterocycles. The number of rotatable bonds is 6. The number of carbonyl (C=O) groups excluding carboxylic acids is 1. The molecule has 3 heterocycles. The molecule has 0 saturated carbocycles. The highest BCUT2D eigenvalue weighted by Gasteiger charge is 2.25. The number of aryl methyl sites for hydroxylation is 2. The van der Waals surface area contributed by atoms with E-state index < -0.39 is 0 Å². The number of piperidine rings is 1. The number of hydrogen-bond donors (Lipinski definition) is 1. The molecule has 1 aliphatic rings. The van der Waals surface area contributed by atoms with Crippen LogP contribution in [0.3, 0.4) is 0 Å². The molecule has 3 aromatic rings. The van der Waals surface area contributed by atoms with Gasteiger partial charge in [-0.1, -0.05) is 6.07 Å². The highest BCUT2D eigenvalue weighted by molar-refractivity contribution is 7.99. The summed E-state index contributed by atoms with van der Waals surface area (Å²) in [5.41, 5.74) is 3.24. The summed E-state index contributed by atoms with van der Waals surface area (Å²) < 4.78 is 1.43. The Hall–Kier alpha value is -2.68. The molecule has 152 valence electrons. The lowest BCUT2D eigenvalue weighted by molar-refractivity contribution is -0.125. The Morgan fingerprint density at radius 2 is 2.00 bits per heavy atom. The number of anilines is 1. The number of nitrogens with zero attached hydrogens (tertiary/aromatic N) is 6. The van der Waals surface area contributed by atoms with Gasteiger partial charge in [-0.3, -0.25) is 4.79 Å². The van der Waals surface area contributed by atoms with E-state index in [1.807, 2.05) is 12.1 Å². The minimum absolute atomic E-state index is 0.0645. The average molecular weight is 412 g/mol. The van der Waals surface area contributed by atoms with Crippen molar-refractivity contribution in [3.05, 3.63) is 41.5 Å². The lowest BCUT2D eigenvalue weighted by atomic mass is 9.96. The van der Waals surface area contributed by atoms with Crippen molar-refractivity contribution in [2.75, 3.05) is 30.3 Å². The predicted molar refractivity (Wildman–Crippen MR) is 113 cm³/mol. The van der Waals surface area contributed by atoms with Crippen LogP contribution in [0.5, 0.6) is 0 Å². The molecule has 8 nitrogen and oxygen atoms in total. The maximum atomic E-state index is 12.5. The van der Waals surface area contributed by atoms with E-state index >= 15 is 0 Å².